The molecule has 0 aromatic heterocycles. The Balaban J connectivity index is 3.42. The van der Waals surface area contributed by atoms with Crippen molar-refractivity contribution in [2.75, 3.05) is 0 Å². The lowest BCUT2D eigenvalue weighted by Gasteiger charge is -2.13. The highest BCUT2D eigenvalue weighted by molar-refractivity contribution is 4.98. The third kappa shape index (κ3) is 17.9. The van der Waals surface area contributed by atoms with Crippen molar-refractivity contribution in [2.24, 2.45) is 5.92 Å². The van der Waals surface area contributed by atoms with E-state index < -0.39 is 0 Å². The first-order valence-corrected chi connectivity index (χ1v) is 11.3. The van der Waals surface area contributed by atoms with Gasteiger partial charge < -0.3 is 0 Å². The van der Waals surface area contributed by atoms with Gasteiger partial charge in [-0.15, -0.1) is 11.8 Å². The van der Waals surface area contributed by atoms with Crippen LogP contribution in [0.5, 0.6) is 0 Å². The zero-order chi connectivity index (χ0) is 17.7. The number of hydrogen-bond acceptors (Lipinski definition) is 0. The third-order valence-corrected chi connectivity index (χ3v) is 5.24. The summed E-state index contributed by atoms with van der Waals surface area (Å²) >= 11 is 0. The average molecular weight is 335 g/mol. The molecule has 0 saturated carbocycles. The topological polar surface area (TPSA) is 0 Å². The summed E-state index contributed by atoms with van der Waals surface area (Å²) in [6.45, 7) is 6.94. The van der Waals surface area contributed by atoms with Crippen LogP contribution in [0.4, 0.5) is 0 Å². The second-order valence-corrected chi connectivity index (χ2v) is 7.59. The van der Waals surface area contributed by atoms with Gasteiger partial charge in [-0.25, -0.2) is 0 Å². The van der Waals surface area contributed by atoms with Gasteiger partial charge in [0.2, 0.25) is 0 Å². The summed E-state index contributed by atoms with van der Waals surface area (Å²) in [7, 11) is 0. The third-order valence-electron chi connectivity index (χ3n) is 5.24. The second-order valence-electron chi connectivity index (χ2n) is 7.59. The zero-order valence-corrected chi connectivity index (χ0v) is 17.3. The molecule has 0 amide bonds. The molecule has 0 N–H and O–H groups in total. The fourth-order valence-electron chi connectivity index (χ4n) is 3.42. The van der Waals surface area contributed by atoms with E-state index in [2.05, 4.69) is 32.6 Å². The van der Waals surface area contributed by atoms with E-state index in [1.807, 2.05) is 0 Å². The van der Waals surface area contributed by atoms with Gasteiger partial charge in [-0.3, -0.25) is 0 Å². The lowest BCUT2D eigenvalue weighted by molar-refractivity contribution is 0.403. The summed E-state index contributed by atoms with van der Waals surface area (Å²) in [4.78, 5) is 0. The van der Waals surface area contributed by atoms with Crippen LogP contribution in [0.3, 0.4) is 0 Å². The molecule has 0 fully saturated rings. The molecule has 24 heavy (non-hydrogen) atoms. The van der Waals surface area contributed by atoms with Crippen molar-refractivity contribution >= 4 is 0 Å². The van der Waals surface area contributed by atoms with Gasteiger partial charge in [-0.05, 0) is 25.2 Å². The molecule has 0 aliphatic rings. The van der Waals surface area contributed by atoms with Gasteiger partial charge in [-0.1, -0.05) is 104 Å². The van der Waals surface area contributed by atoms with E-state index in [-0.39, 0.29) is 0 Å². The molecule has 1 atom stereocenters. The number of unbranched alkanes of at least 4 members (excludes halogenated alkanes) is 12. The monoisotopic (exact) mass is 334 g/mol. The van der Waals surface area contributed by atoms with E-state index in [1.54, 1.807) is 0 Å². The van der Waals surface area contributed by atoms with Crippen LogP contribution in [-0.2, 0) is 0 Å². The molecule has 0 rings (SSSR count). The minimum atomic E-state index is 0.955. The highest BCUT2D eigenvalue weighted by atomic mass is 14.1. The standard InChI is InChI=1S/C24H46/c1-4-7-9-11-13-14-15-17-19-21-23-24(6-3)22-20-18-16-12-10-8-5-2/h24H,4-14,16,18-23H2,1-3H3. The smallest absolute Gasteiger partial charge is 0.00887 e. The molecule has 0 saturated heterocycles. The Kier molecular flexibility index (Phi) is 20.2. The van der Waals surface area contributed by atoms with Gasteiger partial charge in [-0.2, -0.15) is 0 Å². The Morgan fingerprint density at radius 1 is 0.500 bits per heavy atom. The Labute approximate surface area is 154 Å². The fraction of sp³-hybridized carbons (Fsp3) is 0.917. The van der Waals surface area contributed by atoms with Crippen molar-refractivity contribution in [3.8, 4) is 11.8 Å². The molecule has 0 spiro atoms. The molecule has 0 heteroatoms. The molecular formula is C24H46. The fourth-order valence-corrected chi connectivity index (χ4v) is 3.42. The van der Waals surface area contributed by atoms with Gasteiger partial charge >= 0.3 is 0 Å². The predicted molar refractivity (Wildman–Crippen MR) is 111 cm³/mol. The van der Waals surface area contributed by atoms with Crippen molar-refractivity contribution in [1.29, 1.82) is 0 Å². The van der Waals surface area contributed by atoms with Gasteiger partial charge in [0, 0.05) is 12.8 Å². The van der Waals surface area contributed by atoms with Crippen LogP contribution in [0.15, 0.2) is 0 Å². The molecular weight excluding hydrogens is 288 g/mol. The quantitative estimate of drug-likeness (QED) is 0.184. The Bertz CT molecular complexity index is 280. The molecule has 0 aliphatic carbocycles. The highest BCUT2D eigenvalue weighted by Gasteiger charge is 2.05. The van der Waals surface area contributed by atoms with E-state index in [4.69, 9.17) is 0 Å². The molecule has 1 unspecified atom stereocenters. The van der Waals surface area contributed by atoms with E-state index in [9.17, 15) is 0 Å². The lowest BCUT2D eigenvalue weighted by atomic mass is 9.93. The van der Waals surface area contributed by atoms with Crippen LogP contribution in [-0.4, -0.2) is 0 Å². The van der Waals surface area contributed by atoms with Crippen molar-refractivity contribution in [2.45, 2.75) is 136 Å². The summed E-state index contributed by atoms with van der Waals surface area (Å²) in [5.41, 5.74) is 0. The number of rotatable bonds is 17. The van der Waals surface area contributed by atoms with Crippen molar-refractivity contribution in [1.82, 2.24) is 0 Å². The molecule has 0 heterocycles. The van der Waals surface area contributed by atoms with Crippen LogP contribution in [0.1, 0.15) is 136 Å². The van der Waals surface area contributed by atoms with E-state index >= 15 is 0 Å². The Morgan fingerprint density at radius 2 is 0.958 bits per heavy atom. The molecule has 0 bridgehead atoms. The maximum Gasteiger partial charge on any atom is 0.00887 e. The summed E-state index contributed by atoms with van der Waals surface area (Å²) in [5.74, 6) is 7.74. The molecule has 142 valence electrons. The maximum absolute atomic E-state index is 3.40. The normalized spacial score (nSPS) is 12.0. The van der Waals surface area contributed by atoms with Gasteiger partial charge in [0.1, 0.15) is 0 Å². The molecule has 0 nitrogen and oxygen atoms in total. The zero-order valence-electron chi connectivity index (χ0n) is 17.3. The highest BCUT2D eigenvalue weighted by Crippen LogP contribution is 2.20. The predicted octanol–water partition coefficient (Wildman–Crippen LogP) is 8.69. The van der Waals surface area contributed by atoms with E-state index in [1.165, 1.54) is 103 Å². The Hall–Kier alpha value is -0.440. The summed E-state index contributed by atoms with van der Waals surface area (Å²) in [6.07, 6.45) is 24.7. The van der Waals surface area contributed by atoms with Crippen molar-refractivity contribution in [3.05, 3.63) is 0 Å². The first-order chi connectivity index (χ1) is 11.8. The largest absolute Gasteiger partial charge is 0.103 e. The van der Waals surface area contributed by atoms with E-state index in [0.717, 1.165) is 18.8 Å². The van der Waals surface area contributed by atoms with Gasteiger partial charge in [0.25, 0.3) is 0 Å². The van der Waals surface area contributed by atoms with E-state index in [0.29, 0.717) is 0 Å². The van der Waals surface area contributed by atoms with Crippen LogP contribution >= 0.6 is 0 Å². The lowest BCUT2D eigenvalue weighted by Crippen LogP contribution is -1.99. The average Bonchev–Trinajstić information content (AvgIpc) is 2.60. The first kappa shape index (κ1) is 23.6. The summed E-state index contributed by atoms with van der Waals surface area (Å²) in [6, 6.07) is 0. The molecule has 0 aliphatic heterocycles. The van der Waals surface area contributed by atoms with Crippen LogP contribution in [0.2, 0.25) is 0 Å². The number of hydrogen-bond donors (Lipinski definition) is 0. The molecule has 0 aromatic carbocycles. The van der Waals surface area contributed by atoms with Crippen molar-refractivity contribution in [3.63, 3.8) is 0 Å². The van der Waals surface area contributed by atoms with Crippen LogP contribution in [0, 0.1) is 17.8 Å². The van der Waals surface area contributed by atoms with Gasteiger partial charge in [0.05, 0.1) is 0 Å². The second kappa shape index (κ2) is 20.6. The van der Waals surface area contributed by atoms with Gasteiger partial charge in [0.15, 0.2) is 0 Å². The maximum atomic E-state index is 3.40. The van der Waals surface area contributed by atoms with Crippen molar-refractivity contribution < 1.29 is 0 Å². The minimum Gasteiger partial charge on any atom is -0.103 e. The Morgan fingerprint density at radius 3 is 1.54 bits per heavy atom. The van der Waals surface area contributed by atoms with Crippen LogP contribution < -0.4 is 0 Å². The molecule has 0 radical (unpaired) electrons. The van der Waals surface area contributed by atoms with Crippen LogP contribution in [0.25, 0.3) is 0 Å². The summed E-state index contributed by atoms with van der Waals surface area (Å²) in [5, 5.41) is 0. The SMILES string of the molecule is CCCCCCCC#CCCCC(CC)CCCCCCCCC. The minimum absolute atomic E-state index is 0.955. The summed E-state index contributed by atoms with van der Waals surface area (Å²) < 4.78 is 0. The molecule has 0 aromatic rings. The first-order valence-electron chi connectivity index (χ1n) is 11.3.